The van der Waals surface area contributed by atoms with E-state index in [2.05, 4.69) is 78.6 Å². The molecule has 0 aliphatic rings. The zero-order valence-electron chi connectivity index (χ0n) is 22.5. The second-order valence-electron chi connectivity index (χ2n) is 9.23. The molecule has 0 bridgehead atoms. The van der Waals surface area contributed by atoms with Gasteiger partial charge in [0.1, 0.15) is 0 Å². The molecule has 0 saturated carbocycles. The molecule has 188 valence electrons. The molecular weight excluding hydrogens is 516 g/mol. The summed E-state index contributed by atoms with van der Waals surface area (Å²) in [5.41, 5.74) is 7.50. The van der Waals surface area contributed by atoms with E-state index in [1.807, 2.05) is 18.2 Å². The number of nitrogens with zero attached hydrogens (tertiary/aromatic N) is 2. The minimum absolute atomic E-state index is 0. The van der Waals surface area contributed by atoms with Gasteiger partial charge < -0.3 is 12.4 Å². The molecule has 0 N–H and O–H groups in total. The number of hydrogen-bond acceptors (Lipinski definition) is 2. The molecule has 8 heteroatoms. The van der Waals surface area contributed by atoms with Crippen molar-refractivity contribution in [3.05, 3.63) is 59.2 Å². The van der Waals surface area contributed by atoms with Gasteiger partial charge >= 0.3 is 18.9 Å². The van der Waals surface area contributed by atoms with E-state index in [0.717, 1.165) is 34.0 Å². The van der Waals surface area contributed by atoms with E-state index in [9.17, 15) is 0 Å². The zero-order valence-corrected chi connectivity index (χ0v) is 26.6. The van der Waals surface area contributed by atoms with Gasteiger partial charge in [0.05, 0.1) is 23.1 Å². The minimum atomic E-state index is 0. The molecule has 2 rings (SSSR count). The maximum Gasteiger partial charge on any atom is 1.00 e. The number of rotatable bonds is 10. The van der Waals surface area contributed by atoms with Crippen LogP contribution in [0.1, 0.15) is 78.2 Å². The normalized spacial score (nSPS) is 11.1. The molecule has 0 spiro atoms. The summed E-state index contributed by atoms with van der Waals surface area (Å²) in [6.07, 6.45) is 2.36. The SMILES string of the molecule is CC(C)P(Cc1cccc(CP(C(C)C)C(C)C)n1)C(C)C.ClCc1cccc(CCl)n1.[Cl-].[Li+]. The van der Waals surface area contributed by atoms with Crippen molar-refractivity contribution in [2.75, 3.05) is 0 Å². The zero-order chi connectivity index (χ0) is 24.3. The van der Waals surface area contributed by atoms with Crippen LogP contribution in [0.15, 0.2) is 36.4 Å². The Labute approximate surface area is 240 Å². The molecule has 0 aliphatic heterocycles. The van der Waals surface area contributed by atoms with Gasteiger partial charge in [0.25, 0.3) is 0 Å². The van der Waals surface area contributed by atoms with Crippen LogP contribution in [0, 0.1) is 0 Å². The van der Waals surface area contributed by atoms with Crippen LogP contribution in [-0.4, -0.2) is 32.6 Å². The second kappa shape index (κ2) is 19.7. The summed E-state index contributed by atoms with van der Waals surface area (Å²) < 4.78 is 0. The monoisotopic (exact) mass is 556 g/mol. The molecule has 0 radical (unpaired) electrons. The number of hydrogen-bond donors (Lipinski definition) is 0. The molecule has 2 heterocycles. The van der Waals surface area contributed by atoms with E-state index in [4.69, 9.17) is 28.2 Å². The summed E-state index contributed by atoms with van der Waals surface area (Å²) in [5, 5.41) is 0. The molecule has 0 unspecified atom stereocenters. The van der Waals surface area contributed by atoms with Gasteiger partial charge in [-0.05, 0) is 46.9 Å². The van der Waals surface area contributed by atoms with E-state index in [1.165, 1.54) is 23.7 Å². The topological polar surface area (TPSA) is 25.8 Å². The number of alkyl halides is 2. The summed E-state index contributed by atoms with van der Waals surface area (Å²) >= 11 is 11.1. The summed E-state index contributed by atoms with van der Waals surface area (Å²) in [7, 11) is 0.0605. The van der Waals surface area contributed by atoms with Gasteiger partial charge in [-0.15, -0.1) is 23.2 Å². The molecule has 0 fully saturated rings. The smallest absolute Gasteiger partial charge is 1.00 e. The quantitative estimate of drug-likeness (QED) is 0.255. The van der Waals surface area contributed by atoms with Crippen molar-refractivity contribution in [2.45, 2.75) is 102 Å². The van der Waals surface area contributed by atoms with Gasteiger partial charge in [-0.1, -0.05) is 83.4 Å². The number of aromatic nitrogens is 2. The first-order valence-electron chi connectivity index (χ1n) is 11.6. The molecule has 0 aliphatic carbocycles. The van der Waals surface area contributed by atoms with Gasteiger partial charge in [0.15, 0.2) is 0 Å². The van der Waals surface area contributed by atoms with E-state index in [0.29, 0.717) is 11.8 Å². The number of halogens is 3. The fourth-order valence-electron chi connectivity index (χ4n) is 3.68. The first kappa shape index (κ1) is 36.8. The van der Waals surface area contributed by atoms with Gasteiger partial charge in [0.2, 0.25) is 0 Å². The molecule has 2 aromatic heterocycles. The molecule has 2 aromatic rings. The van der Waals surface area contributed by atoms with Crippen molar-refractivity contribution in [3.63, 3.8) is 0 Å². The molecule has 0 aromatic carbocycles. The van der Waals surface area contributed by atoms with Gasteiger partial charge in [-0.3, -0.25) is 9.97 Å². The van der Waals surface area contributed by atoms with E-state index in [-0.39, 0.29) is 47.1 Å². The Kier molecular flexibility index (Phi) is 21.3. The van der Waals surface area contributed by atoms with E-state index in [1.54, 1.807) is 0 Å². The van der Waals surface area contributed by atoms with Crippen LogP contribution in [0.3, 0.4) is 0 Å². The minimum Gasteiger partial charge on any atom is -1.00 e. The summed E-state index contributed by atoms with van der Waals surface area (Å²) in [6.45, 7) is 18.9. The summed E-state index contributed by atoms with van der Waals surface area (Å²) in [5.74, 6) is 0.898. The average Bonchev–Trinajstić information content (AvgIpc) is 2.75. The van der Waals surface area contributed by atoms with Crippen molar-refractivity contribution >= 4 is 39.0 Å². The second-order valence-corrected chi connectivity index (χ2v) is 16.6. The van der Waals surface area contributed by atoms with Crippen molar-refractivity contribution in [1.82, 2.24) is 9.97 Å². The van der Waals surface area contributed by atoms with Crippen molar-refractivity contribution in [2.24, 2.45) is 0 Å². The third-order valence-electron chi connectivity index (χ3n) is 5.35. The van der Waals surface area contributed by atoms with Crippen molar-refractivity contribution < 1.29 is 31.3 Å². The Balaban J connectivity index is 0. The fraction of sp³-hybridized carbons (Fsp3) is 0.615. The first-order valence-corrected chi connectivity index (χ1v) is 16.0. The molecule has 0 amide bonds. The largest absolute Gasteiger partial charge is 1.00 e. The van der Waals surface area contributed by atoms with Crippen LogP contribution in [-0.2, 0) is 24.1 Å². The van der Waals surface area contributed by atoms with Gasteiger partial charge in [-0.2, -0.15) is 0 Å². The van der Waals surface area contributed by atoms with Crippen LogP contribution in [0.5, 0.6) is 0 Å². The van der Waals surface area contributed by atoms with E-state index >= 15 is 0 Å². The third kappa shape index (κ3) is 13.8. The van der Waals surface area contributed by atoms with Crippen molar-refractivity contribution in [3.8, 4) is 0 Å². The van der Waals surface area contributed by atoms with Gasteiger partial charge in [-0.25, -0.2) is 0 Å². The standard InChI is InChI=1S/C19H35NP2.C7H7Cl2N.ClH.Li/c1-14(2)21(15(3)4)12-18-10-9-11-19(20-18)13-22(16(5)6)17(7)8;8-4-6-2-1-3-7(5-9)10-6;;/h9-11,14-17H,12-13H2,1-8H3;1-3H,4-5H2;1H;/q;;;+1/p-1. The molecule has 0 saturated heterocycles. The number of pyridine rings is 2. The fourth-order valence-corrected chi connectivity index (χ4v) is 8.92. The van der Waals surface area contributed by atoms with Crippen molar-refractivity contribution in [1.29, 1.82) is 0 Å². The van der Waals surface area contributed by atoms with Crippen LogP contribution < -0.4 is 31.3 Å². The first-order chi connectivity index (χ1) is 15.1. The summed E-state index contributed by atoms with van der Waals surface area (Å²) in [4.78, 5) is 9.16. The van der Waals surface area contributed by atoms with Crippen LogP contribution in [0.2, 0.25) is 0 Å². The van der Waals surface area contributed by atoms with Crippen LogP contribution in [0.4, 0.5) is 0 Å². The Bertz CT molecular complexity index is 720. The molecular formula is C26H42Cl3LiN2P2. The van der Waals surface area contributed by atoms with E-state index < -0.39 is 0 Å². The maximum atomic E-state index is 5.55. The summed E-state index contributed by atoms with van der Waals surface area (Å²) in [6, 6.07) is 12.3. The predicted molar refractivity (Wildman–Crippen MR) is 149 cm³/mol. The Morgan fingerprint density at radius 2 is 0.853 bits per heavy atom. The van der Waals surface area contributed by atoms with Gasteiger partial charge in [0, 0.05) is 23.7 Å². The predicted octanol–water partition coefficient (Wildman–Crippen LogP) is 3.25. The average molecular weight is 558 g/mol. The maximum absolute atomic E-state index is 5.55. The Hall–Kier alpha value is 0.627. The molecule has 0 atom stereocenters. The Morgan fingerprint density at radius 3 is 1.12 bits per heavy atom. The Morgan fingerprint density at radius 1 is 0.588 bits per heavy atom. The van der Waals surface area contributed by atoms with Crippen LogP contribution >= 0.6 is 39.0 Å². The van der Waals surface area contributed by atoms with Crippen LogP contribution in [0.25, 0.3) is 0 Å². The molecule has 2 nitrogen and oxygen atoms in total. The molecule has 34 heavy (non-hydrogen) atoms. The third-order valence-corrected chi connectivity index (χ3v) is 12.6.